The van der Waals surface area contributed by atoms with E-state index in [4.69, 9.17) is 0 Å². The largest absolute Gasteiger partial charge is 0.341 e. The second-order valence-corrected chi connectivity index (χ2v) is 6.45. The lowest BCUT2D eigenvalue weighted by Crippen LogP contribution is -2.42. The van der Waals surface area contributed by atoms with Crippen LogP contribution in [0.5, 0.6) is 0 Å². The van der Waals surface area contributed by atoms with E-state index in [1.54, 1.807) is 0 Å². The van der Waals surface area contributed by atoms with E-state index in [9.17, 15) is 10.0 Å². The van der Waals surface area contributed by atoms with Crippen molar-refractivity contribution in [2.24, 2.45) is 5.92 Å². The quantitative estimate of drug-likeness (QED) is 0.672. The van der Waals surface area contributed by atoms with E-state index < -0.39 is 6.03 Å². The van der Waals surface area contributed by atoms with Gasteiger partial charge in [-0.3, -0.25) is 5.21 Å². The van der Waals surface area contributed by atoms with Crippen LogP contribution in [0.4, 0.5) is 4.79 Å². The molecule has 0 spiro atoms. The molecule has 4 nitrogen and oxygen atoms in total. The van der Waals surface area contributed by atoms with Gasteiger partial charge in [-0.05, 0) is 42.7 Å². The van der Waals surface area contributed by atoms with Gasteiger partial charge in [-0.2, -0.15) is 0 Å². The van der Waals surface area contributed by atoms with E-state index >= 15 is 0 Å². The van der Waals surface area contributed by atoms with Gasteiger partial charge in [-0.1, -0.05) is 18.2 Å². The summed E-state index contributed by atoms with van der Waals surface area (Å²) >= 11 is 1.81. The highest BCUT2D eigenvalue weighted by Crippen LogP contribution is 2.53. The number of amides is 2. The highest BCUT2D eigenvalue weighted by molar-refractivity contribution is 7.19. The van der Waals surface area contributed by atoms with Crippen LogP contribution in [0, 0.1) is 5.92 Å². The second-order valence-electron chi connectivity index (χ2n) is 5.33. The zero-order valence-electron chi connectivity index (χ0n) is 11.5. The Morgan fingerprint density at radius 2 is 2.25 bits per heavy atom. The molecule has 0 radical (unpaired) electrons. The molecule has 1 aromatic heterocycles. The van der Waals surface area contributed by atoms with Gasteiger partial charge in [0.1, 0.15) is 0 Å². The Morgan fingerprint density at radius 3 is 2.95 bits per heavy atom. The molecule has 2 aromatic rings. The Labute approximate surface area is 122 Å². The van der Waals surface area contributed by atoms with E-state index in [-0.39, 0.29) is 6.04 Å². The molecule has 3 rings (SSSR count). The van der Waals surface area contributed by atoms with Gasteiger partial charge in [0.2, 0.25) is 0 Å². The molecule has 1 aliphatic rings. The standard InChI is InChI=1S/C15H18N2O2S/c1-9(17(19)15(18)16-2)11-8-12(11)14-7-10-5-3-4-6-13(10)20-14/h3-7,9,11-12,19H,8H2,1-2H3,(H,16,18)/t9?,11-,12+/m0/s1. The minimum absolute atomic E-state index is 0.162. The third kappa shape index (κ3) is 2.27. The number of carbonyl (C=O) groups excluding carboxylic acids is 1. The molecule has 3 atom stereocenters. The lowest BCUT2D eigenvalue weighted by molar-refractivity contribution is -0.0787. The molecule has 1 fully saturated rings. The molecule has 106 valence electrons. The molecule has 2 N–H and O–H groups in total. The van der Waals surface area contributed by atoms with Gasteiger partial charge in [0.15, 0.2) is 0 Å². The summed E-state index contributed by atoms with van der Waals surface area (Å²) in [6.45, 7) is 1.90. The molecule has 1 aromatic carbocycles. The number of hydrogen-bond acceptors (Lipinski definition) is 3. The van der Waals surface area contributed by atoms with Crippen molar-refractivity contribution in [3.05, 3.63) is 35.2 Å². The molecule has 5 heteroatoms. The van der Waals surface area contributed by atoms with Crippen molar-refractivity contribution >= 4 is 27.5 Å². The van der Waals surface area contributed by atoms with E-state index in [1.807, 2.05) is 24.3 Å². The number of nitrogens with zero attached hydrogens (tertiary/aromatic N) is 1. The van der Waals surface area contributed by atoms with Gasteiger partial charge in [-0.15, -0.1) is 11.3 Å². The molecule has 2 amide bonds. The van der Waals surface area contributed by atoms with Crippen LogP contribution in [0.3, 0.4) is 0 Å². The minimum Gasteiger partial charge on any atom is -0.339 e. The van der Waals surface area contributed by atoms with E-state index in [2.05, 4.69) is 29.6 Å². The number of urea groups is 1. The van der Waals surface area contributed by atoms with Crippen LogP contribution in [0.1, 0.15) is 24.1 Å². The number of hydroxylamine groups is 2. The van der Waals surface area contributed by atoms with Gasteiger partial charge in [-0.25, -0.2) is 9.86 Å². The number of nitrogens with one attached hydrogen (secondary N) is 1. The molecule has 1 unspecified atom stereocenters. The van der Waals surface area contributed by atoms with Gasteiger partial charge in [0.25, 0.3) is 0 Å². The average Bonchev–Trinajstić information content (AvgIpc) is 3.16. The summed E-state index contributed by atoms with van der Waals surface area (Å²) < 4.78 is 1.30. The smallest absolute Gasteiger partial charge is 0.339 e. The fraction of sp³-hybridized carbons (Fsp3) is 0.400. The van der Waals surface area contributed by atoms with Crippen LogP contribution in [-0.4, -0.2) is 29.4 Å². The number of carbonyl (C=O) groups is 1. The van der Waals surface area contributed by atoms with E-state index in [0.717, 1.165) is 11.5 Å². The number of thiophene rings is 1. The van der Waals surface area contributed by atoms with Gasteiger partial charge >= 0.3 is 6.03 Å². The highest BCUT2D eigenvalue weighted by Gasteiger charge is 2.45. The zero-order chi connectivity index (χ0) is 14.3. The van der Waals surface area contributed by atoms with E-state index in [0.29, 0.717) is 11.8 Å². The van der Waals surface area contributed by atoms with Gasteiger partial charge in [0, 0.05) is 16.6 Å². The first-order valence-corrected chi connectivity index (χ1v) is 7.61. The summed E-state index contributed by atoms with van der Waals surface area (Å²) in [6, 6.07) is 9.99. The Hall–Kier alpha value is -1.59. The summed E-state index contributed by atoms with van der Waals surface area (Å²) in [7, 11) is 1.52. The first-order valence-electron chi connectivity index (χ1n) is 6.80. The second kappa shape index (κ2) is 5.07. The zero-order valence-corrected chi connectivity index (χ0v) is 12.4. The van der Waals surface area contributed by atoms with Crippen LogP contribution < -0.4 is 5.32 Å². The van der Waals surface area contributed by atoms with Gasteiger partial charge in [0.05, 0.1) is 6.04 Å². The number of rotatable bonds is 3. The monoisotopic (exact) mass is 290 g/mol. The van der Waals surface area contributed by atoms with Crippen LogP contribution in [0.2, 0.25) is 0 Å². The molecule has 1 heterocycles. The molecule has 0 saturated heterocycles. The van der Waals surface area contributed by atoms with Crippen LogP contribution in [0.25, 0.3) is 10.1 Å². The number of fused-ring (bicyclic) bond motifs is 1. The topological polar surface area (TPSA) is 52.6 Å². The van der Waals surface area contributed by atoms with Crippen molar-refractivity contribution in [2.75, 3.05) is 7.05 Å². The maximum absolute atomic E-state index is 11.4. The molecular formula is C15H18N2O2S. The maximum Gasteiger partial charge on any atom is 0.341 e. The predicted molar refractivity (Wildman–Crippen MR) is 80.2 cm³/mol. The summed E-state index contributed by atoms with van der Waals surface area (Å²) in [5.74, 6) is 0.798. The molecule has 1 aliphatic carbocycles. The first kappa shape index (κ1) is 13.4. The fourth-order valence-corrected chi connectivity index (χ4v) is 3.99. The number of benzene rings is 1. The Morgan fingerprint density at radius 1 is 1.50 bits per heavy atom. The SMILES string of the molecule is CNC(=O)N(O)C(C)[C@@H]1C[C@H]1c1cc2ccccc2s1. The lowest BCUT2D eigenvalue weighted by atomic mass is 10.1. The molecule has 1 saturated carbocycles. The first-order chi connectivity index (χ1) is 9.61. The van der Waals surface area contributed by atoms with Crippen molar-refractivity contribution in [2.45, 2.75) is 25.3 Å². The normalized spacial score (nSPS) is 22.6. The third-order valence-corrected chi connectivity index (χ3v) is 5.33. The van der Waals surface area contributed by atoms with Crippen molar-refractivity contribution in [1.82, 2.24) is 10.4 Å². The molecular weight excluding hydrogens is 272 g/mol. The summed E-state index contributed by atoms with van der Waals surface area (Å²) in [5, 5.41) is 14.4. The Kier molecular flexibility index (Phi) is 3.40. The fourth-order valence-electron chi connectivity index (χ4n) is 2.74. The van der Waals surface area contributed by atoms with E-state index in [1.165, 1.54) is 22.0 Å². The Balaban J connectivity index is 1.73. The predicted octanol–water partition coefficient (Wildman–Crippen LogP) is 3.42. The van der Waals surface area contributed by atoms with Crippen molar-refractivity contribution < 1.29 is 10.0 Å². The lowest BCUT2D eigenvalue weighted by Gasteiger charge is -2.22. The summed E-state index contributed by atoms with van der Waals surface area (Å²) in [4.78, 5) is 12.8. The van der Waals surface area contributed by atoms with Crippen LogP contribution in [0.15, 0.2) is 30.3 Å². The summed E-state index contributed by atoms with van der Waals surface area (Å²) in [6.07, 6.45) is 1.03. The minimum atomic E-state index is -0.445. The van der Waals surface area contributed by atoms with Gasteiger partial charge < -0.3 is 5.32 Å². The van der Waals surface area contributed by atoms with Crippen LogP contribution >= 0.6 is 11.3 Å². The third-order valence-electron chi connectivity index (χ3n) is 4.08. The maximum atomic E-state index is 11.4. The molecule has 0 aliphatic heterocycles. The number of hydrogen-bond donors (Lipinski definition) is 2. The Bertz CT molecular complexity index is 607. The van der Waals surface area contributed by atoms with Crippen LogP contribution in [-0.2, 0) is 0 Å². The molecule has 20 heavy (non-hydrogen) atoms. The van der Waals surface area contributed by atoms with Crippen molar-refractivity contribution in [1.29, 1.82) is 0 Å². The van der Waals surface area contributed by atoms with Crippen molar-refractivity contribution in [3.63, 3.8) is 0 Å². The average molecular weight is 290 g/mol. The summed E-state index contributed by atoms with van der Waals surface area (Å²) in [5.41, 5.74) is 0. The molecule has 0 bridgehead atoms. The van der Waals surface area contributed by atoms with Crippen molar-refractivity contribution in [3.8, 4) is 0 Å². The highest BCUT2D eigenvalue weighted by atomic mass is 32.1.